The first-order valence-electron chi connectivity index (χ1n) is 9.71. The molecular formula is C21H25FN4O. The molecule has 2 aliphatic rings. The molecule has 0 bridgehead atoms. The van der Waals surface area contributed by atoms with E-state index in [2.05, 4.69) is 20.1 Å². The molecule has 2 heterocycles. The smallest absolute Gasteiger partial charge is 0.270 e. The molecule has 0 radical (unpaired) electrons. The van der Waals surface area contributed by atoms with Crippen molar-refractivity contribution < 1.29 is 9.18 Å². The lowest BCUT2D eigenvalue weighted by Gasteiger charge is -2.37. The van der Waals surface area contributed by atoms with Gasteiger partial charge in [0.1, 0.15) is 11.5 Å². The van der Waals surface area contributed by atoms with Gasteiger partial charge in [0.05, 0.1) is 0 Å². The minimum absolute atomic E-state index is 0.0753. The van der Waals surface area contributed by atoms with E-state index in [0.717, 1.165) is 50.4 Å². The van der Waals surface area contributed by atoms with E-state index in [1.165, 1.54) is 25.0 Å². The number of anilines is 2. The molecule has 6 heteroatoms. The fourth-order valence-corrected chi connectivity index (χ4v) is 3.94. The summed E-state index contributed by atoms with van der Waals surface area (Å²) in [5, 5.41) is 3.10. The average Bonchev–Trinajstić information content (AvgIpc) is 3.22. The molecule has 2 fully saturated rings. The van der Waals surface area contributed by atoms with Crippen LogP contribution >= 0.6 is 0 Å². The number of aromatic nitrogens is 1. The second-order valence-electron chi connectivity index (χ2n) is 7.30. The van der Waals surface area contributed by atoms with Crippen LogP contribution in [0.3, 0.4) is 0 Å². The topological polar surface area (TPSA) is 48.5 Å². The Bertz CT molecular complexity index is 781. The molecule has 27 heavy (non-hydrogen) atoms. The molecule has 1 amide bonds. The minimum atomic E-state index is -0.211. The Morgan fingerprint density at radius 3 is 2.26 bits per heavy atom. The van der Waals surface area contributed by atoms with Crippen molar-refractivity contribution in [1.29, 1.82) is 0 Å². The first kappa shape index (κ1) is 17.8. The van der Waals surface area contributed by atoms with E-state index >= 15 is 0 Å². The number of hydrogen-bond donors (Lipinski definition) is 1. The highest BCUT2D eigenvalue weighted by Crippen LogP contribution is 2.22. The fraction of sp³-hybridized carbons (Fsp3) is 0.429. The SMILES string of the molecule is O=C(NC1CCCC1)c1cc(N2CCN(c3ccc(F)cc3)CC2)ccn1. The van der Waals surface area contributed by atoms with Gasteiger partial charge in [-0.1, -0.05) is 12.8 Å². The van der Waals surface area contributed by atoms with Gasteiger partial charge in [-0.05, 0) is 49.2 Å². The van der Waals surface area contributed by atoms with Crippen molar-refractivity contribution >= 4 is 17.3 Å². The van der Waals surface area contributed by atoms with Crippen LogP contribution in [0, 0.1) is 5.82 Å². The normalized spacial score (nSPS) is 18.0. The Labute approximate surface area is 159 Å². The molecule has 5 nitrogen and oxygen atoms in total. The Hall–Kier alpha value is -2.63. The number of pyridine rings is 1. The number of nitrogens with one attached hydrogen (secondary N) is 1. The maximum Gasteiger partial charge on any atom is 0.270 e. The Balaban J connectivity index is 1.38. The molecule has 2 aromatic rings. The van der Waals surface area contributed by atoms with Crippen molar-refractivity contribution in [2.75, 3.05) is 36.0 Å². The fourth-order valence-electron chi connectivity index (χ4n) is 3.94. The van der Waals surface area contributed by atoms with Gasteiger partial charge >= 0.3 is 0 Å². The molecule has 1 aromatic carbocycles. The highest BCUT2D eigenvalue weighted by molar-refractivity contribution is 5.93. The standard InChI is InChI=1S/C21H25FN4O/c22-16-5-7-18(8-6-16)25-11-13-26(14-12-25)19-9-10-23-20(15-19)21(27)24-17-3-1-2-4-17/h5-10,15,17H,1-4,11-14H2,(H,24,27). The van der Waals surface area contributed by atoms with Crippen LogP contribution in [-0.2, 0) is 0 Å². The average molecular weight is 368 g/mol. The number of rotatable bonds is 4. The molecule has 0 unspecified atom stereocenters. The van der Waals surface area contributed by atoms with Gasteiger partial charge in [0.2, 0.25) is 0 Å². The third-order valence-electron chi connectivity index (χ3n) is 5.50. The zero-order valence-corrected chi connectivity index (χ0v) is 15.4. The quantitative estimate of drug-likeness (QED) is 0.900. The number of carbonyl (C=O) groups excluding carboxylic acids is 1. The number of carbonyl (C=O) groups is 1. The zero-order chi connectivity index (χ0) is 18.6. The largest absolute Gasteiger partial charge is 0.368 e. The van der Waals surface area contributed by atoms with E-state index in [-0.39, 0.29) is 11.7 Å². The molecule has 1 saturated heterocycles. The lowest BCUT2D eigenvalue weighted by molar-refractivity contribution is 0.0933. The van der Waals surface area contributed by atoms with E-state index in [0.29, 0.717) is 11.7 Å². The molecule has 1 aliphatic carbocycles. The van der Waals surface area contributed by atoms with Crippen LogP contribution in [-0.4, -0.2) is 43.1 Å². The summed E-state index contributed by atoms with van der Waals surface area (Å²) < 4.78 is 13.1. The summed E-state index contributed by atoms with van der Waals surface area (Å²) in [5.74, 6) is -0.286. The first-order valence-corrected chi connectivity index (χ1v) is 9.71. The summed E-state index contributed by atoms with van der Waals surface area (Å²) in [6.07, 6.45) is 6.23. The van der Waals surface area contributed by atoms with Crippen LogP contribution in [0.15, 0.2) is 42.6 Å². The second-order valence-corrected chi connectivity index (χ2v) is 7.30. The van der Waals surface area contributed by atoms with Crippen LogP contribution in [0.25, 0.3) is 0 Å². The third-order valence-corrected chi connectivity index (χ3v) is 5.50. The van der Waals surface area contributed by atoms with Gasteiger partial charge in [-0.2, -0.15) is 0 Å². The third kappa shape index (κ3) is 4.21. The van der Waals surface area contributed by atoms with Gasteiger partial charge < -0.3 is 15.1 Å². The molecule has 142 valence electrons. The number of benzene rings is 1. The van der Waals surface area contributed by atoms with Crippen molar-refractivity contribution in [2.24, 2.45) is 0 Å². The maximum atomic E-state index is 13.1. The molecule has 0 atom stereocenters. The van der Waals surface area contributed by atoms with E-state index in [4.69, 9.17) is 0 Å². The van der Waals surface area contributed by atoms with Crippen molar-refractivity contribution in [1.82, 2.24) is 10.3 Å². The van der Waals surface area contributed by atoms with Crippen molar-refractivity contribution in [3.63, 3.8) is 0 Å². The summed E-state index contributed by atoms with van der Waals surface area (Å²) in [4.78, 5) is 21.3. The van der Waals surface area contributed by atoms with Gasteiger partial charge in [-0.25, -0.2) is 4.39 Å². The summed E-state index contributed by atoms with van der Waals surface area (Å²) >= 11 is 0. The lowest BCUT2D eigenvalue weighted by atomic mass is 10.2. The molecule has 4 rings (SSSR count). The van der Waals surface area contributed by atoms with E-state index in [9.17, 15) is 9.18 Å². The van der Waals surface area contributed by atoms with Crippen LogP contribution in [0.1, 0.15) is 36.2 Å². The number of nitrogens with zero attached hydrogens (tertiary/aromatic N) is 3. The molecule has 1 aliphatic heterocycles. The van der Waals surface area contributed by atoms with Crippen molar-refractivity contribution in [3.8, 4) is 0 Å². The summed E-state index contributed by atoms with van der Waals surface area (Å²) in [6, 6.07) is 10.8. The number of piperazine rings is 1. The van der Waals surface area contributed by atoms with Gasteiger partial charge in [-0.15, -0.1) is 0 Å². The molecular weight excluding hydrogens is 343 g/mol. The molecule has 1 saturated carbocycles. The van der Waals surface area contributed by atoms with Crippen LogP contribution in [0.2, 0.25) is 0 Å². The summed E-state index contributed by atoms with van der Waals surface area (Å²) in [5.41, 5.74) is 2.56. The highest BCUT2D eigenvalue weighted by Gasteiger charge is 2.21. The number of hydrogen-bond acceptors (Lipinski definition) is 4. The summed E-state index contributed by atoms with van der Waals surface area (Å²) in [6.45, 7) is 3.42. The Morgan fingerprint density at radius 2 is 1.59 bits per heavy atom. The highest BCUT2D eigenvalue weighted by atomic mass is 19.1. The van der Waals surface area contributed by atoms with E-state index in [1.807, 2.05) is 24.3 Å². The van der Waals surface area contributed by atoms with Crippen molar-refractivity contribution in [2.45, 2.75) is 31.7 Å². The number of halogens is 1. The van der Waals surface area contributed by atoms with Gasteiger partial charge in [0.15, 0.2) is 0 Å². The van der Waals surface area contributed by atoms with Gasteiger partial charge in [-0.3, -0.25) is 9.78 Å². The van der Waals surface area contributed by atoms with E-state index < -0.39 is 0 Å². The van der Waals surface area contributed by atoms with Crippen LogP contribution < -0.4 is 15.1 Å². The monoisotopic (exact) mass is 368 g/mol. The summed E-state index contributed by atoms with van der Waals surface area (Å²) in [7, 11) is 0. The van der Waals surface area contributed by atoms with Crippen LogP contribution in [0.4, 0.5) is 15.8 Å². The maximum absolute atomic E-state index is 13.1. The predicted molar refractivity (Wildman–Crippen MR) is 105 cm³/mol. The second kappa shape index (κ2) is 7.94. The molecule has 0 spiro atoms. The zero-order valence-electron chi connectivity index (χ0n) is 15.4. The van der Waals surface area contributed by atoms with Gasteiger partial charge in [0, 0.05) is 49.8 Å². The van der Waals surface area contributed by atoms with Crippen LogP contribution in [0.5, 0.6) is 0 Å². The predicted octanol–water partition coefficient (Wildman–Crippen LogP) is 3.22. The van der Waals surface area contributed by atoms with Gasteiger partial charge in [0.25, 0.3) is 5.91 Å². The molecule has 1 N–H and O–H groups in total. The minimum Gasteiger partial charge on any atom is -0.368 e. The molecule has 1 aromatic heterocycles. The first-order chi connectivity index (χ1) is 13.2. The van der Waals surface area contributed by atoms with Crippen molar-refractivity contribution in [3.05, 3.63) is 54.1 Å². The van der Waals surface area contributed by atoms with E-state index in [1.54, 1.807) is 6.20 Å². The Kier molecular flexibility index (Phi) is 5.23. The number of amides is 1. The lowest BCUT2D eigenvalue weighted by Crippen LogP contribution is -2.46. The Morgan fingerprint density at radius 1 is 0.963 bits per heavy atom.